The van der Waals surface area contributed by atoms with E-state index < -0.39 is 5.60 Å². The highest BCUT2D eigenvalue weighted by Crippen LogP contribution is 2.39. The van der Waals surface area contributed by atoms with Gasteiger partial charge in [0.1, 0.15) is 5.75 Å². The molecule has 0 spiro atoms. The van der Waals surface area contributed by atoms with Gasteiger partial charge in [0.25, 0.3) is 5.91 Å². The Bertz CT molecular complexity index is 950. The number of ether oxygens (including phenoxy) is 1. The van der Waals surface area contributed by atoms with Crippen molar-refractivity contribution < 1.29 is 14.3 Å². The van der Waals surface area contributed by atoms with Crippen LogP contribution in [0, 0.1) is 11.3 Å². The Kier molecular flexibility index (Phi) is 5.06. The lowest BCUT2D eigenvalue weighted by Gasteiger charge is -2.38. The van der Waals surface area contributed by atoms with Crippen LogP contribution in [0.3, 0.4) is 0 Å². The largest absolute Gasteiger partial charge is 0.476 e. The lowest BCUT2D eigenvalue weighted by molar-refractivity contribution is -0.132. The summed E-state index contributed by atoms with van der Waals surface area (Å²) in [5.74, 6) is 0.0495. The normalized spacial score (nSPS) is 14.7. The summed E-state index contributed by atoms with van der Waals surface area (Å²) in [6.45, 7) is 3.56. The Morgan fingerprint density at radius 3 is 2.81 bits per heavy atom. The standard InChI is InChI=1S/C20H18ClN3O3/c1-20(2)19(26)24(16-11-14(21)6-7-17(16)27-20)9-8-18(25)23-15-5-3-4-13(10-15)12-22/h3-7,10-11H,8-9H2,1-2H3,(H,23,25). The quantitative estimate of drug-likeness (QED) is 0.871. The molecule has 0 bridgehead atoms. The van der Waals surface area contributed by atoms with Crippen molar-refractivity contribution in [3.8, 4) is 11.8 Å². The van der Waals surface area contributed by atoms with Crippen LogP contribution >= 0.6 is 11.6 Å². The third-order valence-corrected chi connectivity index (χ3v) is 4.41. The number of rotatable bonds is 4. The number of amides is 2. The molecule has 1 aliphatic heterocycles. The number of nitrogens with zero attached hydrogens (tertiary/aromatic N) is 2. The molecule has 0 atom stereocenters. The van der Waals surface area contributed by atoms with Crippen LogP contribution in [0.15, 0.2) is 42.5 Å². The molecule has 0 radical (unpaired) electrons. The third kappa shape index (κ3) is 4.04. The van der Waals surface area contributed by atoms with Crippen LogP contribution in [0.2, 0.25) is 5.02 Å². The zero-order chi connectivity index (χ0) is 19.6. The van der Waals surface area contributed by atoms with Crippen LogP contribution in [0.4, 0.5) is 11.4 Å². The monoisotopic (exact) mass is 383 g/mol. The number of nitriles is 1. The van der Waals surface area contributed by atoms with E-state index >= 15 is 0 Å². The summed E-state index contributed by atoms with van der Waals surface area (Å²) in [5.41, 5.74) is 0.516. The molecule has 1 N–H and O–H groups in total. The first-order valence-electron chi connectivity index (χ1n) is 8.41. The molecule has 2 aromatic carbocycles. The van der Waals surface area contributed by atoms with Crippen LogP contribution in [0.25, 0.3) is 0 Å². The Morgan fingerprint density at radius 2 is 2.07 bits per heavy atom. The van der Waals surface area contributed by atoms with Gasteiger partial charge in [-0.05, 0) is 50.2 Å². The average molecular weight is 384 g/mol. The van der Waals surface area contributed by atoms with E-state index in [9.17, 15) is 9.59 Å². The second kappa shape index (κ2) is 7.29. The molecule has 0 aliphatic carbocycles. The van der Waals surface area contributed by atoms with E-state index in [4.69, 9.17) is 21.6 Å². The van der Waals surface area contributed by atoms with Crippen molar-refractivity contribution in [3.05, 3.63) is 53.1 Å². The van der Waals surface area contributed by atoms with E-state index in [2.05, 4.69) is 5.32 Å². The van der Waals surface area contributed by atoms with Crippen molar-refractivity contribution in [1.82, 2.24) is 0 Å². The van der Waals surface area contributed by atoms with Gasteiger partial charge >= 0.3 is 0 Å². The summed E-state index contributed by atoms with van der Waals surface area (Å²) in [7, 11) is 0. The molecule has 0 aromatic heterocycles. The number of nitrogens with one attached hydrogen (secondary N) is 1. The lowest BCUT2D eigenvalue weighted by atomic mass is 10.0. The van der Waals surface area contributed by atoms with Crippen molar-refractivity contribution in [1.29, 1.82) is 5.26 Å². The van der Waals surface area contributed by atoms with Crippen molar-refractivity contribution >= 4 is 34.8 Å². The molecular weight excluding hydrogens is 366 g/mol. The van der Waals surface area contributed by atoms with Gasteiger partial charge in [0.15, 0.2) is 5.60 Å². The van der Waals surface area contributed by atoms with E-state index in [0.717, 1.165) is 0 Å². The van der Waals surface area contributed by atoms with Crippen LogP contribution < -0.4 is 15.0 Å². The molecule has 2 aromatic rings. The molecule has 27 heavy (non-hydrogen) atoms. The first kappa shape index (κ1) is 18.7. The predicted octanol–water partition coefficient (Wildman–Crippen LogP) is 3.74. The van der Waals surface area contributed by atoms with E-state index in [1.807, 2.05) is 6.07 Å². The van der Waals surface area contributed by atoms with E-state index in [1.54, 1.807) is 56.3 Å². The van der Waals surface area contributed by atoms with Gasteiger partial charge in [-0.25, -0.2) is 0 Å². The van der Waals surface area contributed by atoms with E-state index in [-0.39, 0.29) is 24.8 Å². The molecule has 2 amide bonds. The molecular formula is C20H18ClN3O3. The average Bonchev–Trinajstić information content (AvgIpc) is 2.63. The van der Waals surface area contributed by atoms with Crippen molar-refractivity contribution in [2.45, 2.75) is 25.9 Å². The number of anilines is 2. The Hall–Kier alpha value is -3.04. The fraction of sp³-hybridized carbons (Fsp3) is 0.250. The Labute approximate surface area is 162 Å². The van der Waals surface area contributed by atoms with Gasteiger partial charge in [-0.3, -0.25) is 9.59 Å². The van der Waals surface area contributed by atoms with Gasteiger partial charge in [0.05, 0.1) is 17.3 Å². The number of hydrogen-bond acceptors (Lipinski definition) is 4. The number of carbonyl (C=O) groups excluding carboxylic acids is 2. The van der Waals surface area contributed by atoms with Crippen molar-refractivity contribution in [3.63, 3.8) is 0 Å². The molecule has 0 saturated heterocycles. The number of hydrogen-bond donors (Lipinski definition) is 1. The predicted molar refractivity (Wildman–Crippen MR) is 103 cm³/mol. The summed E-state index contributed by atoms with van der Waals surface area (Å²) < 4.78 is 5.76. The smallest absolute Gasteiger partial charge is 0.270 e. The maximum Gasteiger partial charge on any atom is 0.270 e. The van der Waals surface area contributed by atoms with E-state index in [0.29, 0.717) is 27.7 Å². The number of benzene rings is 2. The second-order valence-corrected chi connectivity index (χ2v) is 7.11. The SMILES string of the molecule is CC1(C)Oc2ccc(Cl)cc2N(CCC(=O)Nc2cccc(C#N)c2)C1=O. The highest BCUT2D eigenvalue weighted by Gasteiger charge is 2.40. The molecule has 6 nitrogen and oxygen atoms in total. The molecule has 0 saturated carbocycles. The third-order valence-electron chi connectivity index (χ3n) is 4.17. The number of halogens is 1. The van der Waals surface area contributed by atoms with Gasteiger partial charge in [0.2, 0.25) is 5.91 Å². The maximum absolute atomic E-state index is 12.8. The minimum Gasteiger partial charge on any atom is -0.476 e. The highest BCUT2D eigenvalue weighted by atomic mass is 35.5. The van der Waals surface area contributed by atoms with Gasteiger partial charge < -0.3 is 15.0 Å². The molecule has 1 heterocycles. The van der Waals surface area contributed by atoms with E-state index in [1.165, 1.54) is 4.90 Å². The number of fused-ring (bicyclic) bond motifs is 1. The Morgan fingerprint density at radius 1 is 1.30 bits per heavy atom. The van der Waals surface area contributed by atoms with Crippen LogP contribution in [-0.4, -0.2) is 24.0 Å². The zero-order valence-electron chi connectivity index (χ0n) is 15.0. The molecule has 0 fully saturated rings. The minimum absolute atomic E-state index is 0.0879. The fourth-order valence-electron chi connectivity index (χ4n) is 2.87. The zero-order valence-corrected chi connectivity index (χ0v) is 15.7. The maximum atomic E-state index is 12.8. The molecule has 7 heteroatoms. The van der Waals surface area contributed by atoms with Crippen LogP contribution in [-0.2, 0) is 9.59 Å². The fourth-order valence-corrected chi connectivity index (χ4v) is 3.03. The van der Waals surface area contributed by atoms with Gasteiger partial charge in [-0.1, -0.05) is 17.7 Å². The first-order chi connectivity index (χ1) is 12.8. The van der Waals surface area contributed by atoms with Crippen molar-refractivity contribution in [2.24, 2.45) is 0 Å². The lowest BCUT2D eigenvalue weighted by Crippen LogP contribution is -2.53. The van der Waals surface area contributed by atoms with Gasteiger partial charge in [-0.2, -0.15) is 5.26 Å². The van der Waals surface area contributed by atoms with Crippen LogP contribution in [0.5, 0.6) is 5.75 Å². The topological polar surface area (TPSA) is 82.4 Å². The summed E-state index contributed by atoms with van der Waals surface area (Å²) >= 11 is 6.06. The summed E-state index contributed by atoms with van der Waals surface area (Å²) in [5, 5.41) is 12.2. The van der Waals surface area contributed by atoms with Gasteiger partial charge in [-0.15, -0.1) is 0 Å². The summed E-state index contributed by atoms with van der Waals surface area (Å²) in [4.78, 5) is 26.6. The highest BCUT2D eigenvalue weighted by molar-refractivity contribution is 6.31. The first-order valence-corrected chi connectivity index (χ1v) is 8.78. The molecule has 0 unspecified atom stereocenters. The van der Waals surface area contributed by atoms with Gasteiger partial charge in [0, 0.05) is 23.7 Å². The minimum atomic E-state index is -1.03. The summed E-state index contributed by atoms with van der Waals surface area (Å²) in [6, 6.07) is 13.7. The molecule has 3 rings (SSSR count). The number of carbonyl (C=O) groups is 2. The molecule has 138 valence electrons. The summed E-state index contributed by atoms with van der Waals surface area (Å²) in [6.07, 6.45) is 0.0879. The Balaban J connectivity index is 1.74. The molecule has 1 aliphatic rings. The van der Waals surface area contributed by atoms with Crippen LogP contribution in [0.1, 0.15) is 25.8 Å². The van der Waals surface area contributed by atoms with Crippen molar-refractivity contribution in [2.75, 3.05) is 16.8 Å². The second-order valence-electron chi connectivity index (χ2n) is 6.67.